The summed E-state index contributed by atoms with van der Waals surface area (Å²) in [5.41, 5.74) is 2.03. The first-order valence-corrected chi connectivity index (χ1v) is 11.5. The van der Waals surface area contributed by atoms with E-state index < -0.39 is 0 Å². The monoisotopic (exact) mass is 422 g/mol. The second kappa shape index (κ2) is 7.82. The van der Waals surface area contributed by atoms with Crippen LogP contribution >= 0.6 is 22.7 Å². The van der Waals surface area contributed by atoms with Crippen molar-refractivity contribution >= 4 is 49.0 Å². The number of amides is 1. The highest BCUT2D eigenvalue weighted by molar-refractivity contribution is 7.20. The zero-order valence-electron chi connectivity index (χ0n) is 16.2. The molecule has 2 aromatic carbocycles. The lowest BCUT2D eigenvalue weighted by atomic mass is 10.0. The minimum atomic E-state index is -0.0139. The normalized spacial score (nSPS) is 22.6. The number of para-hydroxylation sites is 2. The average molecular weight is 423 g/mol. The number of fused-ring (bicyclic) bond motifs is 4. The van der Waals surface area contributed by atoms with Crippen molar-refractivity contribution in [3.05, 3.63) is 58.5 Å². The fraction of sp³-hybridized carbons (Fsp3) is 0.318. The van der Waals surface area contributed by atoms with Crippen molar-refractivity contribution in [3.63, 3.8) is 0 Å². The van der Waals surface area contributed by atoms with E-state index in [9.17, 15) is 4.79 Å². The second-order valence-corrected chi connectivity index (χ2v) is 9.84. The Morgan fingerprint density at radius 1 is 1.00 bits per heavy atom. The second-order valence-electron chi connectivity index (χ2n) is 7.58. The first-order chi connectivity index (χ1) is 14.2. The number of nitrogens with zero attached hydrogens (tertiary/aromatic N) is 3. The summed E-state index contributed by atoms with van der Waals surface area (Å²) >= 11 is 3.21. The van der Waals surface area contributed by atoms with E-state index in [4.69, 9.17) is 0 Å². The molecule has 5 nitrogen and oxygen atoms in total. The summed E-state index contributed by atoms with van der Waals surface area (Å²) in [7, 11) is 0. The van der Waals surface area contributed by atoms with Crippen LogP contribution in [0.25, 0.3) is 20.4 Å². The predicted molar refractivity (Wildman–Crippen MR) is 120 cm³/mol. The molecule has 148 valence electrons. The van der Waals surface area contributed by atoms with Gasteiger partial charge in [0.15, 0.2) is 5.01 Å². The zero-order chi connectivity index (χ0) is 19.8. The van der Waals surface area contributed by atoms with Crippen LogP contribution in [0.2, 0.25) is 0 Å². The molecule has 1 N–H and O–H groups in total. The molecular formula is C22H22N4OS2. The maximum atomic E-state index is 12.3. The molecule has 0 radical (unpaired) electrons. The molecule has 2 fully saturated rings. The molecule has 6 rings (SSSR count). The molecule has 2 saturated heterocycles. The van der Waals surface area contributed by atoms with Crippen LogP contribution in [0.3, 0.4) is 0 Å². The molecule has 2 aliphatic rings. The number of aryl methyl sites for hydroxylation is 1. The zero-order valence-corrected chi connectivity index (χ0v) is 17.8. The van der Waals surface area contributed by atoms with Gasteiger partial charge in [-0.05, 0) is 50.1 Å². The molecule has 2 aliphatic heterocycles. The van der Waals surface area contributed by atoms with E-state index >= 15 is 0 Å². The molecule has 4 aromatic rings. The van der Waals surface area contributed by atoms with Crippen LogP contribution < -0.4 is 5.32 Å². The number of thiazole rings is 2. The Labute approximate surface area is 177 Å². The number of benzene rings is 2. The van der Waals surface area contributed by atoms with Crippen molar-refractivity contribution in [1.29, 1.82) is 0 Å². The van der Waals surface area contributed by atoms with Gasteiger partial charge >= 0.3 is 0 Å². The summed E-state index contributed by atoms with van der Waals surface area (Å²) in [6.45, 7) is 5.37. The van der Waals surface area contributed by atoms with Crippen molar-refractivity contribution in [1.82, 2.24) is 20.2 Å². The number of piperidine rings is 1. The molecule has 0 spiro atoms. The minimum Gasteiger partial charge on any atom is -0.346 e. The number of rotatable bonds is 2. The summed E-state index contributed by atoms with van der Waals surface area (Å²) < 4.78 is 2.35. The molecule has 0 saturated carbocycles. The van der Waals surface area contributed by atoms with Gasteiger partial charge in [0.05, 0.1) is 25.4 Å². The van der Waals surface area contributed by atoms with E-state index in [2.05, 4.69) is 26.3 Å². The Kier molecular flexibility index (Phi) is 5.03. The summed E-state index contributed by atoms with van der Waals surface area (Å²) in [4.78, 5) is 23.4. The van der Waals surface area contributed by atoms with E-state index in [-0.39, 0.29) is 5.91 Å². The van der Waals surface area contributed by atoms with Gasteiger partial charge in [0.25, 0.3) is 5.91 Å². The molecule has 7 heteroatoms. The van der Waals surface area contributed by atoms with Crippen molar-refractivity contribution in [2.45, 2.75) is 19.4 Å². The van der Waals surface area contributed by atoms with Gasteiger partial charge in [-0.25, -0.2) is 9.97 Å². The number of nitrogens with one attached hydrogen (secondary N) is 1. The minimum absolute atomic E-state index is 0.0139. The summed E-state index contributed by atoms with van der Waals surface area (Å²) in [5, 5.41) is 4.88. The van der Waals surface area contributed by atoms with Gasteiger partial charge in [-0.2, -0.15) is 0 Å². The van der Waals surface area contributed by atoms with E-state index in [1.165, 1.54) is 29.0 Å². The lowest BCUT2D eigenvalue weighted by Gasteiger charge is -2.22. The predicted octanol–water partition coefficient (Wildman–Crippen LogP) is 4.33. The molecule has 3 unspecified atom stereocenters. The van der Waals surface area contributed by atoms with Gasteiger partial charge in [-0.1, -0.05) is 24.3 Å². The van der Waals surface area contributed by atoms with Crippen LogP contribution in [0, 0.1) is 12.8 Å². The third kappa shape index (κ3) is 3.90. The summed E-state index contributed by atoms with van der Waals surface area (Å²) in [5.74, 6) is 0.623. The van der Waals surface area contributed by atoms with Crippen LogP contribution in [-0.4, -0.2) is 46.5 Å². The molecule has 29 heavy (non-hydrogen) atoms. The van der Waals surface area contributed by atoms with Crippen LogP contribution in [0.4, 0.5) is 0 Å². The maximum absolute atomic E-state index is 12.3. The van der Waals surface area contributed by atoms with Crippen molar-refractivity contribution in [2.24, 2.45) is 5.92 Å². The number of hydrogen-bond donors (Lipinski definition) is 1. The van der Waals surface area contributed by atoms with Crippen molar-refractivity contribution in [2.75, 3.05) is 19.6 Å². The quantitative estimate of drug-likeness (QED) is 0.522. The number of hydrogen-bond acceptors (Lipinski definition) is 6. The largest absolute Gasteiger partial charge is 0.346 e. The van der Waals surface area contributed by atoms with Crippen LogP contribution in [0.15, 0.2) is 48.5 Å². The Hall–Kier alpha value is -2.35. The molecular weight excluding hydrogens is 400 g/mol. The fourth-order valence-electron chi connectivity index (χ4n) is 4.13. The highest BCUT2D eigenvalue weighted by Crippen LogP contribution is 2.28. The third-order valence-corrected chi connectivity index (χ3v) is 7.53. The van der Waals surface area contributed by atoms with Gasteiger partial charge < -0.3 is 10.2 Å². The van der Waals surface area contributed by atoms with E-state index in [0.717, 1.165) is 33.8 Å². The maximum Gasteiger partial charge on any atom is 0.280 e. The first kappa shape index (κ1) is 18.7. The Morgan fingerprint density at radius 2 is 1.69 bits per heavy atom. The standard InChI is InChI=1S/C14H15N3OS.C8H7NS/c18-13(15-11-8-17-6-5-9(11)7-17)14-16-10-3-1-2-4-12(10)19-14;1-6-9-7-4-2-3-5-8(7)10-6/h1-4,9,11H,5-8H2,(H,15,18);2-5H,1H3. The number of aromatic nitrogens is 2. The summed E-state index contributed by atoms with van der Waals surface area (Å²) in [6.07, 6.45) is 1.21. The highest BCUT2D eigenvalue weighted by atomic mass is 32.1. The topological polar surface area (TPSA) is 58.1 Å². The van der Waals surface area contributed by atoms with E-state index in [1.54, 1.807) is 11.3 Å². The third-order valence-electron chi connectivity index (χ3n) is 5.54. The average Bonchev–Trinajstić information content (AvgIpc) is 3.50. The molecule has 2 aromatic heterocycles. The van der Waals surface area contributed by atoms with Gasteiger partial charge in [0.1, 0.15) is 0 Å². The van der Waals surface area contributed by atoms with Gasteiger partial charge in [0.2, 0.25) is 0 Å². The van der Waals surface area contributed by atoms with Gasteiger partial charge in [-0.15, -0.1) is 22.7 Å². The van der Waals surface area contributed by atoms with E-state index in [1.807, 2.05) is 49.4 Å². The number of carbonyl (C=O) groups excluding carboxylic acids is 1. The van der Waals surface area contributed by atoms with Gasteiger partial charge in [0, 0.05) is 19.1 Å². The lowest BCUT2D eigenvalue weighted by Crippen LogP contribution is -2.43. The SMILES string of the molecule is Cc1nc2ccccc2s1.O=C(NC1CN2CCC1C2)c1nc2ccccc2s1. The van der Waals surface area contributed by atoms with Crippen LogP contribution in [0.1, 0.15) is 21.2 Å². The molecule has 0 aliphatic carbocycles. The first-order valence-electron chi connectivity index (χ1n) is 9.87. The Morgan fingerprint density at radius 3 is 2.31 bits per heavy atom. The Bertz CT molecular complexity index is 1100. The number of carbonyl (C=O) groups is 1. The fourth-order valence-corrected chi connectivity index (χ4v) is 5.83. The van der Waals surface area contributed by atoms with Gasteiger partial charge in [-0.3, -0.25) is 4.79 Å². The smallest absolute Gasteiger partial charge is 0.280 e. The molecule has 4 heterocycles. The van der Waals surface area contributed by atoms with Crippen LogP contribution in [0.5, 0.6) is 0 Å². The molecule has 3 atom stereocenters. The van der Waals surface area contributed by atoms with E-state index in [0.29, 0.717) is 17.0 Å². The van der Waals surface area contributed by atoms with Crippen molar-refractivity contribution < 1.29 is 4.79 Å². The van der Waals surface area contributed by atoms with Crippen molar-refractivity contribution in [3.8, 4) is 0 Å². The highest BCUT2D eigenvalue weighted by Gasteiger charge is 2.38. The Balaban J connectivity index is 0.000000153. The molecule has 1 amide bonds. The lowest BCUT2D eigenvalue weighted by molar-refractivity contribution is 0.0924. The molecule has 2 bridgehead atoms. The summed E-state index contributed by atoms with van der Waals surface area (Å²) in [6, 6.07) is 16.4. The van der Waals surface area contributed by atoms with Crippen LogP contribution in [-0.2, 0) is 0 Å².